The van der Waals surface area contributed by atoms with Gasteiger partial charge < -0.3 is 0 Å². The largest absolute Gasteiger partial charge is 0.0885 e. The molecule has 0 heterocycles. The fraction of sp³-hybridized carbons (Fsp3) is 0.700. The Kier molecular flexibility index (Phi) is 17.5. The van der Waals surface area contributed by atoms with Gasteiger partial charge >= 0.3 is 0 Å². The molecule has 0 unspecified atom stereocenters. The second-order valence-corrected chi connectivity index (χ2v) is 5.60. The van der Waals surface area contributed by atoms with Gasteiger partial charge in [0, 0.05) is 0 Å². The lowest BCUT2D eigenvalue weighted by atomic mass is 10.1. The zero-order chi connectivity index (χ0) is 14.7. The molecule has 20 heavy (non-hydrogen) atoms. The first-order chi connectivity index (χ1) is 9.91. The molecule has 0 aromatic heterocycles. The van der Waals surface area contributed by atoms with Gasteiger partial charge in [0.15, 0.2) is 0 Å². The van der Waals surface area contributed by atoms with Gasteiger partial charge in [-0.05, 0) is 38.5 Å². The van der Waals surface area contributed by atoms with Crippen LogP contribution in [-0.2, 0) is 0 Å². The third kappa shape index (κ3) is 17.2. The SMILES string of the molecule is CCCCCC=CC=CCCC=CCCCCCCC. The van der Waals surface area contributed by atoms with E-state index >= 15 is 0 Å². The van der Waals surface area contributed by atoms with Crippen LogP contribution >= 0.6 is 0 Å². The summed E-state index contributed by atoms with van der Waals surface area (Å²) in [5.74, 6) is 0. The van der Waals surface area contributed by atoms with Gasteiger partial charge in [-0.15, -0.1) is 0 Å². The summed E-state index contributed by atoms with van der Waals surface area (Å²) < 4.78 is 0. The van der Waals surface area contributed by atoms with Crippen molar-refractivity contribution >= 4 is 0 Å². The highest BCUT2D eigenvalue weighted by atomic mass is 13.9. The van der Waals surface area contributed by atoms with Gasteiger partial charge in [0.05, 0.1) is 0 Å². The fourth-order valence-electron chi connectivity index (χ4n) is 2.16. The van der Waals surface area contributed by atoms with E-state index in [0.717, 1.165) is 0 Å². The van der Waals surface area contributed by atoms with Crippen LogP contribution in [0.4, 0.5) is 0 Å². The van der Waals surface area contributed by atoms with E-state index in [4.69, 9.17) is 0 Å². The Labute approximate surface area is 128 Å². The van der Waals surface area contributed by atoms with Crippen LogP contribution in [0.15, 0.2) is 36.5 Å². The Morgan fingerprint density at radius 3 is 1.65 bits per heavy atom. The van der Waals surface area contributed by atoms with Crippen LogP contribution in [0.25, 0.3) is 0 Å². The summed E-state index contributed by atoms with van der Waals surface area (Å²) in [7, 11) is 0. The molecule has 0 radical (unpaired) electrons. The first-order valence-electron chi connectivity index (χ1n) is 8.88. The topological polar surface area (TPSA) is 0 Å². The van der Waals surface area contributed by atoms with E-state index in [1.54, 1.807) is 0 Å². The molecule has 0 nitrogen and oxygen atoms in total. The first-order valence-corrected chi connectivity index (χ1v) is 8.88. The molecule has 0 N–H and O–H groups in total. The lowest BCUT2D eigenvalue weighted by Crippen LogP contribution is -1.76. The molecule has 0 aliphatic rings. The Balaban J connectivity index is 3.25. The molecule has 0 saturated heterocycles. The average molecular weight is 277 g/mol. The molecular formula is C20H36. The van der Waals surface area contributed by atoms with Gasteiger partial charge in [0.1, 0.15) is 0 Å². The molecule has 0 aromatic carbocycles. The van der Waals surface area contributed by atoms with Gasteiger partial charge in [-0.2, -0.15) is 0 Å². The summed E-state index contributed by atoms with van der Waals surface area (Å²) in [6.45, 7) is 4.52. The number of allylic oxidation sites excluding steroid dienone is 6. The minimum absolute atomic E-state index is 1.17. The molecule has 0 rings (SSSR count). The number of rotatable bonds is 14. The lowest BCUT2D eigenvalue weighted by Gasteiger charge is -1.95. The van der Waals surface area contributed by atoms with Crippen LogP contribution in [0.1, 0.15) is 90.9 Å². The maximum absolute atomic E-state index is 2.36. The van der Waals surface area contributed by atoms with E-state index in [0.29, 0.717) is 0 Å². The van der Waals surface area contributed by atoms with E-state index in [1.165, 1.54) is 77.0 Å². The van der Waals surface area contributed by atoms with Crippen LogP contribution < -0.4 is 0 Å². The average Bonchev–Trinajstić information content (AvgIpc) is 2.47. The smallest absolute Gasteiger partial charge is 0.0313 e. The molecule has 0 bridgehead atoms. The van der Waals surface area contributed by atoms with Gasteiger partial charge in [-0.3, -0.25) is 0 Å². The van der Waals surface area contributed by atoms with Gasteiger partial charge in [-0.25, -0.2) is 0 Å². The van der Waals surface area contributed by atoms with Gasteiger partial charge in [-0.1, -0.05) is 88.8 Å². The summed E-state index contributed by atoms with van der Waals surface area (Å²) in [5, 5.41) is 0. The summed E-state index contributed by atoms with van der Waals surface area (Å²) in [6.07, 6.45) is 29.5. The van der Waals surface area contributed by atoms with Crippen LogP contribution in [0.2, 0.25) is 0 Å². The Hall–Kier alpha value is -0.780. The Morgan fingerprint density at radius 1 is 0.450 bits per heavy atom. The molecule has 0 fully saturated rings. The number of hydrogen-bond acceptors (Lipinski definition) is 0. The predicted octanol–water partition coefficient (Wildman–Crippen LogP) is 7.38. The normalized spacial score (nSPS) is 12.3. The zero-order valence-corrected chi connectivity index (χ0v) is 13.9. The van der Waals surface area contributed by atoms with Crippen molar-refractivity contribution < 1.29 is 0 Å². The van der Waals surface area contributed by atoms with Crippen molar-refractivity contribution in [1.82, 2.24) is 0 Å². The van der Waals surface area contributed by atoms with Crippen molar-refractivity contribution in [3.05, 3.63) is 36.5 Å². The van der Waals surface area contributed by atoms with Crippen molar-refractivity contribution in [2.24, 2.45) is 0 Å². The Morgan fingerprint density at radius 2 is 0.900 bits per heavy atom. The molecule has 0 aliphatic carbocycles. The Bertz CT molecular complexity index is 245. The standard InChI is InChI=1S/C20H36/c1-3-5-7-9-11-13-15-17-19-20-18-16-14-12-10-8-6-4-2/h11,13,15-18H,3-10,12,14,19-20H2,1-2H3. The van der Waals surface area contributed by atoms with E-state index in [2.05, 4.69) is 50.3 Å². The van der Waals surface area contributed by atoms with Crippen LogP contribution in [0.3, 0.4) is 0 Å². The monoisotopic (exact) mass is 276 g/mol. The molecule has 0 spiro atoms. The van der Waals surface area contributed by atoms with E-state index < -0.39 is 0 Å². The third-order valence-corrected chi connectivity index (χ3v) is 3.50. The molecule has 0 aromatic rings. The summed E-state index contributed by atoms with van der Waals surface area (Å²) in [5.41, 5.74) is 0. The molecule has 0 saturated carbocycles. The number of unbranched alkanes of at least 4 members (excludes halogenated alkanes) is 9. The molecule has 0 amide bonds. The minimum atomic E-state index is 1.17. The molecular weight excluding hydrogens is 240 g/mol. The van der Waals surface area contributed by atoms with E-state index in [1.807, 2.05) is 0 Å². The van der Waals surface area contributed by atoms with Crippen molar-refractivity contribution in [1.29, 1.82) is 0 Å². The zero-order valence-electron chi connectivity index (χ0n) is 13.9. The summed E-state index contributed by atoms with van der Waals surface area (Å²) in [4.78, 5) is 0. The molecule has 0 aliphatic heterocycles. The second kappa shape index (κ2) is 18.2. The fourth-order valence-corrected chi connectivity index (χ4v) is 2.16. The summed E-state index contributed by atoms with van der Waals surface area (Å²) >= 11 is 0. The maximum Gasteiger partial charge on any atom is -0.0313 e. The highest BCUT2D eigenvalue weighted by Crippen LogP contribution is 2.06. The highest BCUT2D eigenvalue weighted by molar-refractivity contribution is 5.02. The van der Waals surface area contributed by atoms with Crippen LogP contribution in [0.5, 0.6) is 0 Å². The number of hydrogen-bond donors (Lipinski definition) is 0. The van der Waals surface area contributed by atoms with E-state index in [-0.39, 0.29) is 0 Å². The second-order valence-electron chi connectivity index (χ2n) is 5.60. The van der Waals surface area contributed by atoms with Crippen LogP contribution in [-0.4, -0.2) is 0 Å². The highest BCUT2D eigenvalue weighted by Gasteiger charge is 1.86. The maximum atomic E-state index is 2.36. The minimum Gasteiger partial charge on any atom is -0.0885 e. The predicted molar refractivity (Wildman–Crippen MR) is 94.2 cm³/mol. The molecule has 116 valence electrons. The van der Waals surface area contributed by atoms with Crippen LogP contribution in [0, 0.1) is 0 Å². The quantitative estimate of drug-likeness (QED) is 0.176. The van der Waals surface area contributed by atoms with E-state index in [9.17, 15) is 0 Å². The van der Waals surface area contributed by atoms with Crippen molar-refractivity contribution in [3.8, 4) is 0 Å². The lowest BCUT2D eigenvalue weighted by molar-refractivity contribution is 0.637. The summed E-state index contributed by atoms with van der Waals surface area (Å²) in [6, 6.07) is 0. The van der Waals surface area contributed by atoms with Crippen molar-refractivity contribution in [2.75, 3.05) is 0 Å². The van der Waals surface area contributed by atoms with Gasteiger partial charge in [0.2, 0.25) is 0 Å². The van der Waals surface area contributed by atoms with Gasteiger partial charge in [0.25, 0.3) is 0 Å². The third-order valence-electron chi connectivity index (χ3n) is 3.50. The molecule has 0 atom stereocenters. The van der Waals surface area contributed by atoms with Crippen molar-refractivity contribution in [3.63, 3.8) is 0 Å². The van der Waals surface area contributed by atoms with Crippen molar-refractivity contribution in [2.45, 2.75) is 90.9 Å². The molecule has 0 heteroatoms. The first kappa shape index (κ1) is 19.2.